The van der Waals surface area contributed by atoms with Gasteiger partial charge >= 0.3 is 0 Å². The number of nitrogens with one attached hydrogen (secondary N) is 3. The van der Waals surface area contributed by atoms with Crippen molar-refractivity contribution in [3.8, 4) is 16.8 Å². The second kappa shape index (κ2) is 9.10. The minimum atomic E-state index is -0.211. The molecule has 0 saturated carbocycles. The fraction of sp³-hybridized carbons (Fsp3) is 0.172. The van der Waals surface area contributed by atoms with Gasteiger partial charge in [0, 0.05) is 48.8 Å². The number of carbonyl (C=O) groups excluding carboxylic acids is 1. The molecule has 4 aromatic heterocycles. The Morgan fingerprint density at radius 3 is 2.59 bits per heavy atom. The van der Waals surface area contributed by atoms with Crippen molar-refractivity contribution in [2.75, 3.05) is 36.8 Å². The highest BCUT2D eigenvalue weighted by molar-refractivity contribution is 6.12. The van der Waals surface area contributed by atoms with Crippen LogP contribution in [0.4, 0.5) is 11.6 Å². The van der Waals surface area contributed by atoms with Crippen molar-refractivity contribution < 1.29 is 4.79 Å². The van der Waals surface area contributed by atoms with E-state index in [1.807, 2.05) is 49.5 Å². The maximum atomic E-state index is 13.4. The number of rotatable bonds is 5. The quantitative estimate of drug-likeness (QED) is 0.256. The van der Waals surface area contributed by atoms with E-state index in [-0.39, 0.29) is 11.6 Å². The molecular formula is C29H27N9O. The number of ketones is 1. The SMILES string of the molecule is Cc1nc2ccc(-n3ncc(C(=O)c4cc5cc(-c6ccc(N7CCNCC7)nc6)ccc5[nH]4)c3N)cc2[nH]1. The summed E-state index contributed by atoms with van der Waals surface area (Å²) in [6.45, 7) is 5.77. The van der Waals surface area contributed by atoms with Crippen LogP contribution in [0.25, 0.3) is 38.8 Å². The number of aromatic amines is 2. The first-order chi connectivity index (χ1) is 19.0. The van der Waals surface area contributed by atoms with Gasteiger partial charge in [-0.2, -0.15) is 5.10 Å². The van der Waals surface area contributed by atoms with Gasteiger partial charge in [-0.25, -0.2) is 14.6 Å². The molecule has 0 amide bonds. The zero-order valence-corrected chi connectivity index (χ0v) is 21.4. The van der Waals surface area contributed by atoms with Crippen molar-refractivity contribution >= 4 is 39.4 Å². The van der Waals surface area contributed by atoms with Crippen molar-refractivity contribution in [1.29, 1.82) is 0 Å². The molecule has 10 nitrogen and oxygen atoms in total. The molecule has 194 valence electrons. The van der Waals surface area contributed by atoms with Gasteiger partial charge in [-0.3, -0.25) is 4.79 Å². The van der Waals surface area contributed by atoms with Crippen molar-refractivity contribution in [3.05, 3.63) is 84.1 Å². The molecule has 0 unspecified atom stereocenters. The Hall–Kier alpha value is -4.96. The van der Waals surface area contributed by atoms with Gasteiger partial charge in [0.05, 0.1) is 34.2 Å². The third-order valence-corrected chi connectivity index (χ3v) is 7.27. The highest BCUT2D eigenvalue weighted by Gasteiger charge is 2.20. The van der Waals surface area contributed by atoms with Gasteiger partial charge in [-0.05, 0) is 61.0 Å². The minimum Gasteiger partial charge on any atom is -0.383 e. The van der Waals surface area contributed by atoms with Crippen LogP contribution in [-0.2, 0) is 0 Å². The molecular weight excluding hydrogens is 490 g/mol. The molecule has 1 saturated heterocycles. The molecule has 5 heterocycles. The van der Waals surface area contributed by atoms with Gasteiger partial charge in [0.1, 0.15) is 17.5 Å². The van der Waals surface area contributed by atoms with E-state index in [1.165, 1.54) is 6.20 Å². The van der Waals surface area contributed by atoms with Crippen molar-refractivity contribution in [1.82, 2.24) is 35.0 Å². The molecule has 0 spiro atoms. The van der Waals surface area contributed by atoms with Gasteiger partial charge in [-0.15, -0.1) is 0 Å². The summed E-state index contributed by atoms with van der Waals surface area (Å²) in [6, 6.07) is 17.8. The van der Waals surface area contributed by atoms with Crippen LogP contribution in [0, 0.1) is 6.92 Å². The Morgan fingerprint density at radius 1 is 0.923 bits per heavy atom. The predicted octanol–water partition coefficient (Wildman–Crippen LogP) is 3.82. The number of hydrogen-bond acceptors (Lipinski definition) is 7. The topological polar surface area (TPSA) is 134 Å². The average Bonchev–Trinajstić information content (AvgIpc) is 3.68. The van der Waals surface area contributed by atoms with Crippen molar-refractivity contribution in [2.45, 2.75) is 6.92 Å². The second-order valence-electron chi connectivity index (χ2n) is 9.84. The lowest BCUT2D eigenvalue weighted by Crippen LogP contribution is -2.43. The maximum Gasteiger partial charge on any atom is 0.214 e. The summed E-state index contributed by atoms with van der Waals surface area (Å²) in [5.41, 5.74) is 12.6. The highest BCUT2D eigenvalue weighted by Crippen LogP contribution is 2.28. The molecule has 0 atom stereocenters. The highest BCUT2D eigenvalue weighted by atomic mass is 16.1. The summed E-state index contributed by atoms with van der Waals surface area (Å²) in [6.07, 6.45) is 3.43. The minimum absolute atomic E-state index is 0.211. The number of benzene rings is 2. The number of pyridine rings is 1. The molecule has 1 aliphatic rings. The monoisotopic (exact) mass is 517 g/mol. The van der Waals surface area contributed by atoms with Gasteiger partial charge in [0.25, 0.3) is 0 Å². The van der Waals surface area contributed by atoms with E-state index >= 15 is 0 Å². The van der Waals surface area contributed by atoms with Crippen LogP contribution in [0.2, 0.25) is 0 Å². The normalized spacial score (nSPS) is 13.9. The third-order valence-electron chi connectivity index (χ3n) is 7.27. The zero-order chi connectivity index (χ0) is 26.5. The number of fused-ring (bicyclic) bond motifs is 2. The number of nitrogens with zero attached hydrogens (tertiary/aromatic N) is 5. The predicted molar refractivity (Wildman–Crippen MR) is 152 cm³/mol. The number of hydrogen-bond donors (Lipinski definition) is 4. The van der Waals surface area contributed by atoms with E-state index in [0.717, 1.165) is 76.6 Å². The summed E-state index contributed by atoms with van der Waals surface area (Å²) in [5.74, 6) is 1.90. The number of imidazole rings is 1. The first-order valence-electron chi connectivity index (χ1n) is 12.9. The zero-order valence-electron chi connectivity index (χ0n) is 21.4. The van der Waals surface area contributed by atoms with Crippen LogP contribution in [0.5, 0.6) is 0 Å². The van der Waals surface area contributed by atoms with Crippen LogP contribution in [0.15, 0.2) is 67.0 Å². The summed E-state index contributed by atoms with van der Waals surface area (Å²) >= 11 is 0. The summed E-state index contributed by atoms with van der Waals surface area (Å²) < 4.78 is 1.57. The summed E-state index contributed by atoms with van der Waals surface area (Å²) in [7, 11) is 0. The summed E-state index contributed by atoms with van der Waals surface area (Å²) in [5, 5.41) is 8.71. The van der Waals surface area contributed by atoms with Crippen LogP contribution < -0.4 is 16.0 Å². The molecule has 1 fully saturated rings. The molecule has 10 heteroatoms. The Kier molecular flexibility index (Phi) is 5.41. The number of aromatic nitrogens is 6. The molecule has 39 heavy (non-hydrogen) atoms. The van der Waals surface area contributed by atoms with Crippen LogP contribution >= 0.6 is 0 Å². The number of anilines is 2. The Bertz CT molecular complexity index is 1840. The van der Waals surface area contributed by atoms with E-state index in [2.05, 4.69) is 48.5 Å². The maximum absolute atomic E-state index is 13.4. The molecule has 7 rings (SSSR count). The van der Waals surface area contributed by atoms with Crippen LogP contribution in [0.3, 0.4) is 0 Å². The van der Waals surface area contributed by atoms with Crippen molar-refractivity contribution in [2.24, 2.45) is 0 Å². The fourth-order valence-electron chi connectivity index (χ4n) is 5.21. The van der Waals surface area contributed by atoms with Crippen LogP contribution in [0.1, 0.15) is 21.9 Å². The number of carbonyl (C=O) groups is 1. The van der Waals surface area contributed by atoms with E-state index in [4.69, 9.17) is 10.7 Å². The smallest absolute Gasteiger partial charge is 0.214 e. The van der Waals surface area contributed by atoms with Gasteiger partial charge < -0.3 is 25.9 Å². The van der Waals surface area contributed by atoms with Gasteiger partial charge in [0.15, 0.2) is 0 Å². The van der Waals surface area contributed by atoms with Crippen molar-refractivity contribution in [3.63, 3.8) is 0 Å². The first-order valence-corrected chi connectivity index (χ1v) is 12.9. The van der Waals surface area contributed by atoms with E-state index in [1.54, 1.807) is 4.68 Å². The molecule has 0 aliphatic carbocycles. The number of H-pyrrole nitrogens is 2. The fourth-order valence-corrected chi connectivity index (χ4v) is 5.21. The Morgan fingerprint density at radius 2 is 1.77 bits per heavy atom. The molecule has 0 radical (unpaired) electrons. The first kappa shape index (κ1) is 23.2. The van der Waals surface area contributed by atoms with E-state index < -0.39 is 0 Å². The summed E-state index contributed by atoms with van der Waals surface area (Å²) in [4.78, 5) is 31.3. The average molecular weight is 518 g/mol. The Labute approximate surface area is 223 Å². The number of nitrogens with two attached hydrogens (primary N) is 1. The number of piperazine rings is 1. The number of nitrogen functional groups attached to an aromatic ring is 1. The lowest BCUT2D eigenvalue weighted by atomic mass is 10.1. The lowest BCUT2D eigenvalue weighted by molar-refractivity contribution is 0.103. The molecule has 1 aliphatic heterocycles. The van der Waals surface area contributed by atoms with E-state index in [0.29, 0.717) is 11.3 Å². The number of aryl methyl sites for hydroxylation is 1. The Balaban J connectivity index is 1.15. The van der Waals surface area contributed by atoms with Crippen LogP contribution in [-0.4, -0.2) is 61.7 Å². The lowest BCUT2D eigenvalue weighted by Gasteiger charge is -2.28. The third kappa shape index (κ3) is 4.11. The largest absolute Gasteiger partial charge is 0.383 e. The molecule has 0 bridgehead atoms. The molecule has 5 N–H and O–H groups in total. The van der Waals surface area contributed by atoms with Gasteiger partial charge in [0.2, 0.25) is 5.78 Å². The standard InChI is InChI=1S/C29H27N9O/c1-17-34-24-6-4-21(14-25(24)35-17)38-29(30)22(16-33-38)28(39)26-13-20-12-18(2-5-23(20)36-26)19-3-7-27(32-15-19)37-10-8-31-9-11-37/h2-7,12-16,31,36H,8-11,30H2,1H3,(H,34,35). The molecule has 6 aromatic rings. The van der Waals surface area contributed by atoms with E-state index in [9.17, 15) is 4.79 Å². The van der Waals surface area contributed by atoms with Gasteiger partial charge in [-0.1, -0.05) is 6.07 Å². The second-order valence-corrected chi connectivity index (χ2v) is 9.84. The molecule has 2 aromatic carbocycles.